The van der Waals surface area contributed by atoms with Gasteiger partial charge in [-0.1, -0.05) is 24.3 Å². The number of hydrogen-bond acceptors (Lipinski definition) is 4. The molecule has 0 bridgehead atoms. The summed E-state index contributed by atoms with van der Waals surface area (Å²) in [5, 5.41) is 3.07. The van der Waals surface area contributed by atoms with E-state index < -0.39 is 17.5 Å². The van der Waals surface area contributed by atoms with Gasteiger partial charge in [0.2, 0.25) is 0 Å². The minimum atomic E-state index is -1.57. The molecule has 134 valence electrons. The topological polar surface area (TPSA) is 54.4 Å². The van der Waals surface area contributed by atoms with Gasteiger partial charge < -0.3 is 5.32 Å². The number of fused-ring (bicyclic) bond motifs is 1. The van der Waals surface area contributed by atoms with E-state index in [0.717, 1.165) is 40.4 Å². The van der Waals surface area contributed by atoms with Crippen molar-refractivity contribution in [1.29, 1.82) is 0 Å². The van der Waals surface area contributed by atoms with Crippen molar-refractivity contribution in [3.05, 3.63) is 76.6 Å². The molecule has 1 amide bonds. The highest BCUT2D eigenvalue weighted by Crippen LogP contribution is 2.30. The maximum absolute atomic E-state index is 13.4. The molecule has 3 aromatic rings. The molecule has 1 saturated heterocycles. The number of pyridine rings is 1. The van der Waals surface area contributed by atoms with Crippen molar-refractivity contribution in [1.82, 2.24) is 10.3 Å². The van der Waals surface area contributed by atoms with Gasteiger partial charge in [0.25, 0.3) is 5.24 Å². The largest absolute Gasteiger partial charge is 0.300 e. The Kier molecular flexibility index (Phi) is 4.41. The third kappa shape index (κ3) is 3.43. The summed E-state index contributed by atoms with van der Waals surface area (Å²) < 4.78 is 39.9. The molecule has 2 heterocycles. The predicted molar refractivity (Wildman–Crippen MR) is 99.3 cm³/mol. The SMILES string of the molecule is O=C1NC(=Nc2cc(F)c(F)c(F)c2)C(=Cc2cccc3cccnc23)S1. The summed E-state index contributed by atoms with van der Waals surface area (Å²) in [6, 6.07) is 10.9. The Labute approximate surface area is 155 Å². The van der Waals surface area contributed by atoms with Crippen LogP contribution in [0.25, 0.3) is 17.0 Å². The van der Waals surface area contributed by atoms with Crippen LogP contribution < -0.4 is 5.32 Å². The maximum Gasteiger partial charge on any atom is 0.289 e. The normalized spacial score (nSPS) is 17.1. The zero-order valence-electron chi connectivity index (χ0n) is 13.5. The van der Waals surface area contributed by atoms with Crippen LogP contribution in [0, 0.1) is 17.5 Å². The van der Waals surface area contributed by atoms with Crippen molar-refractivity contribution in [2.75, 3.05) is 0 Å². The summed E-state index contributed by atoms with van der Waals surface area (Å²) in [5.74, 6) is -4.14. The number of thioether (sulfide) groups is 1. The van der Waals surface area contributed by atoms with Gasteiger partial charge in [0.1, 0.15) is 5.84 Å². The monoisotopic (exact) mass is 385 g/mol. The lowest BCUT2D eigenvalue weighted by Gasteiger charge is -2.04. The first-order valence-electron chi connectivity index (χ1n) is 7.79. The molecule has 27 heavy (non-hydrogen) atoms. The standard InChI is InChI=1S/C19H10F3N3OS/c20-13-8-12(9-14(21)16(13)22)24-18-15(27-19(26)25-18)7-11-4-1-3-10-5-2-6-23-17(10)11/h1-9H,(H,24,25,26). The molecule has 1 N–H and O–H groups in total. The molecule has 1 aliphatic heterocycles. The quantitative estimate of drug-likeness (QED) is 0.619. The molecular formula is C19H10F3N3OS. The Balaban J connectivity index is 1.79. The van der Waals surface area contributed by atoms with Crippen LogP contribution in [0.5, 0.6) is 0 Å². The van der Waals surface area contributed by atoms with Crippen molar-refractivity contribution in [2.24, 2.45) is 4.99 Å². The minimum absolute atomic E-state index is 0.128. The second-order valence-electron chi connectivity index (χ2n) is 5.63. The van der Waals surface area contributed by atoms with Gasteiger partial charge in [0, 0.05) is 29.3 Å². The Morgan fingerprint density at radius 1 is 1.07 bits per heavy atom. The molecule has 0 spiro atoms. The fraction of sp³-hybridized carbons (Fsp3) is 0. The number of benzene rings is 2. The van der Waals surface area contributed by atoms with E-state index in [-0.39, 0.29) is 16.8 Å². The zero-order valence-corrected chi connectivity index (χ0v) is 14.4. The Bertz CT molecular complexity index is 1120. The third-order valence-electron chi connectivity index (χ3n) is 3.82. The molecule has 8 heteroatoms. The van der Waals surface area contributed by atoms with Crippen molar-refractivity contribution in [2.45, 2.75) is 0 Å². The van der Waals surface area contributed by atoms with Gasteiger partial charge in [-0.3, -0.25) is 9.78 Å². The van der Waals surface area contributed by atoms with E-state index in [1.165, 1.54) is 0 Å². The van der Waals surface area contributed by atoms with Crippen LogP contribution in [0.2, 0.25) is 0 Å². The Hall–Kier alpha value is -3.13. The van der Waals surface area contributed by atoms with Gasteiger partial charge in [-0.05, 0) is 23.9 Å². The van der Waals surface area contributed by atoms with E-state index in [2.05, 4.69) is 15.3 Å². The predicted octanol–water partition coefficient (Wildman–Crippen LogP) is 5.18. The van der Waals surface area contributed by atoms with E-state index in [1.54, 1.807) is 12.3 Å². The number of halogens is 3. The molecule has 0 radical (unpaired) electrons. The molecule has 1 fully saturated rings. The van der Waals surface area contributed by atoms with Crippen LogP contribution in [-0.4, -0.2) is 16.1 Å². The first kappa shape index (κ1) is 17.3. The van der Waals surface area contributed by atoms with Crippen LogP contribution in [0.3, 0.4) is 0 Å². The minimum Gasteiger partial charge on any atom is -0.300 e. The molecule has 4 nitrogen and oxygen atoms in total. The number of carbonyl (C=O) groups excluding carboxylic acids is 1. The van der Waals surface area contributed by atoms with Gasteiger partial charge in [0.15, 0.2) is 17.5 Å². The highest BCUT2D eigenvalue weighted by atomic mass is 32.2. The number of carbonyl (C=O) groups is 1. The summed E-state index contributed by atoms with van der Waals surface area (Å²) in [5.41, 5.74) is 1.35. The number of para-hydroxylation sites is 1. The summed E-state index contributed by atoms with van der Waals surface area (Å²) >= 11 is 0.899. The van der Waals surface area contributed by atoms with Gasteiger partial charge in [0.05, 0.1) is 16.1 Å². The van der Waals surface area contributed by atoms with Crippen LogP contribution >= 0.6 is 11.8 Å². The van der Waals surface area contributed by atoms with E-state index in [9.17, 15) is 18.0 Å². The van der Waals surface area contributed by atoms with Crippen molar-refractivity contribution in [3.63, 3.8) is 0 Å². The third-order valence-corrected chi connectivity index (χ3v) is 4.64. The Morgan fingerprint density at radius 2 is 1.81 bits per heavy atom. The maximum atomic E-state index is 13.4. The van der Waals surface area contributed by atoms with E-state index in [4.69, 9.17) is 0 Å². The summed E-state index contributed by atoms with van der Waals surface area (Å²) in [6.07, 6.45) is 3.38. The smallest absolute Gasteiger partial charge is 0.289 e. The van der Waals surface area contributed by atoms with E-state index >= 15 is 0 Å². The number of hydrogen-bond donors (Lipinski definition) is 1. The lowest BCUT2D eigenvalue weighted by molar-refractivity contribution is 0.265. The number of nitrogens with zero attached hydrogens (tertiary/aromatic N) is 2. The molecular weight excluding hydrogens is 375 g/mol. The number of nitrogens with one attached hydrogen (secondary N) is 1. The summed E-state index contributed by atoms with van der Waals surface area (Å²) in [4.78, 5) is 20.7. The molecule has 1 aromatic heterocycles. The lowest BCUT2D eigenvalue weighted by atomic mass is 10.1. The number of amides is 1. The second kappa shape index (κ2) is 6.88. The number of amidine groups is 1. The summed E-state index contributed by atoms with van der Waals surface area (Å²) in [6.45, 7) is 0. The van der Waals surface area contributed by atoms with Gasteiger partial charge in [-0.25, -0.2) is 18.2 Å². The zero-order chi connectivity index (χ0) is 19.0. The highest BCUT2D eigenvalue weighted by Gasteiger charge is 2.24. The first-order chi connectivity index (χ1) is 13.0. The lowest BCUT2D eigenvalue weighted by Crippen LogP contribution is -2.18. The van der Waals surface area contributed by atoms with Gasteiger partial charge in [-0.15, -0.1) is 0 Å². The number of rotatable bonds is 2. The van der Waals surface area contributed by atoms with Crippen molar-refractivity contribution in [3.8, 4) is 0 Å². The Morgan fingerprint density at radius 3 is 2.59 bits per heavy atom. The molecule has 0 atom stereocenters. The fourth-order valence-corrected chi connectivity index (χ4v) is 3.36. The molecule has 0 saturated carbocycles. The highest BCUT2D eigenvalue weighted by molar-refractivity contribution is 8.18. The van der Waals surface area contributed by atoms with Crippen molar-refractivity contribution >= 4 is 45.5 Å². The van der Waals surface area contributed by atoms with Crippen LogP contribution in [-0.2, 0) is 0 Å². The molecule has 0 aliphatic carbocycles. The van der Waals surface area contributed by atoms with Crippen LogP contribution in [0.15, 0.2) is 58.6 Å². The van der Waals surface area contributed by atoms with Crippen molar-refractivity contribution < 1.29 is 18.0 Å². The van der Waals surface area contributed by atoms with Gasteiger partial charge >= 0.3 is 0 Å². The molecule has 1 aliphatic rings. The summed E-state index contributed by atoms with van der Waals surface area (Å²) in [7, 11) is 0. The average molecular weight is 385 g/mol. The van der Waals surface area contributed by atoms with E-state index in [1.807, 2.05) is 30.3 Å². The first-order valence-corrected chi connectivity index (χ1v) is 8.61. The van der Waals surface area contributed by atoms with Crippen LogP contribution in [0.4, 0.5) is 23.7 Å². The molecule has 2 aromatic carbocycles. The average Bonchev–Trinajstić information content (AvgIpc) is 2.99. The second-order valence-corrected chi connectivity index (χ2v) is 6.64. The number of aliphatic imine (C=N–C) groups is 1. The molecule has 4 rings (SSSR count). The fourth-order valence-electron chi connectivity index (χ4n) is 2.63. The van der Waals surface area contributed by atoms with E-state index in [0.29, 0.717) is 4.91 Å². The van der Waals surface area contributed by atoms with Crippen LogP contribution in [0.1, 0.15) is 5.56 Å². The number of aromatic nitrogens is 1. The van der Waals surface area contributed by atoms with Gasteiger partial charge in [-0.2, -0.15) is 0 Å². The molecule has 0 unspecified atom stereocenters.